The molecule has 0 N–H and O–H groups in total. The van der Waals surface area contributed by atoms with Crippen molar-refractivity contribution in [3.63, 3.8) is 0 Å². The monoisotopic (exact) mass is 366 g/mol. The highest BCUT2D eigenvalue weighted by Gasteiger charge is 2.11. The third-order valence-electron chi connectivity index (χ3n) is 3.97. The zero-order valence-electron chi connectivity index (χ0n) is 13.5. The quantitative estimate of drug-likeness (QED) is 0.603. The van der Waals surface area contributed by atoms with E-state index in [-0.39, 0.29) is 0 Å². The van der Waals surface area contributed by atoms with Gasteiger partial charge in [-0.15, -0.1) is 0 Å². The van der Waals surface area contributed by atoms with Gasteiger partial charge in [0.2, 0.25) is 0 Å². The Hall–Kier alpha value is -2.13. The van der Waals surface area contributed by atoms with E-state index in [0.717, 1.165) is 10.2 Å². The van der Waals surface area contributed by atoms with Crippen LogP contribution in [0.3, 0.4) is 0 Å². The van der Waals surface area contributed by atoms with Crippen molar-refractivity contribution in [1.82, 2.24) is 4.98 Å². The van der Waals surface area contributed by atoms with Crippen molar-refractivity contribution in [1.29, 1.82) is 0 Å². The lowest BCUT2D eigenvalue weighted by Gasteiger charge is -2.15. The molecule has 0 atom stereocenters. The molecule has 0 aliphatic carbocycles. The van der Waals surface area contributed by atoms with E-state index in [1.165, 1.54) is 27.9 Å². The summed E-state index contributed by atoms with van der Waals surface area (Å²) in [7, 11) is 4.11. The summed E-state index contributed by atoms with van der Waals surface area (Å²) in [6.45, 7) is 2.06. The number of halogens is 1. The van der Waals surface area contributed by atoms with E-state index < -0.39 is 0 Å². The van der Waals surface area contributed by atoms with Crippen molar-refractivity contribution in [2.24, 2.45) is 0 Å². The first-order chi connectivity index (χ1) is 11.1. The summed E-state index contributed by atoms with van der Waals surface area (Å²) >= 11 is 3.50. The summed E-state index contributed by atoms with van der Waals surface area (Å²) in [6, 6.07) is 19.1. The molecule has 0 aliphatic heterocycles. The first kappa shape index (κ1) is 15.8. The summed E-state index contributed by atoms with van der Waals surface area (Å²) in [4.78, 5) is 6.60. The van der Waals surface area contributed by atoms with Gasteiger partial charge >= 0.3 is 0 Å². The van der Waals surface area contributed by atoms with Crippen LogP contribution in [-0.2, 0) is 0 Å². The highest BCUT2D eigenvalue weighted by atomic mass is 79.9. The summed E-state index contributed by atoms with van der Waals surface area (Å²) < 4.78 is 1.08. The van der Waals surface area contributed by atoms with Crippen molar-refractivity contribution < 1.29 is 0 Å². The Morgan fingerprint density at radius 2 is 1.43 bits per heavy atom. The van der Waals surface area contributed by atoms with E-state index in [4.69, 9.17) is 0 Å². The number of rotatable bonds is 3. The van der Waals surface area contributed by atoms with Crippen LogP contribution in [0.5, 0.6) is 0 Å². The molecule has 0 radical (unpaired) electrons. The smallest absolute Gasteiger partial charge is 0.0457 e. The maximum atomic E-state index is 4.49. The second-order valence-corrected chi connectivity index (χ2v) is 6.68. The summed E-state index contributed by atoms with van der Waals surface area (Å²) in [5.41, 5.74) is 7.04. The van der Waals surface area contributed by atoms with Gasteiger partial charge in [0.15, 0.2) is 0 Å². The molecule has 2 nitrogen and oxygen atoms in total. The topological polar surface area (TPSA) is 16.1 Å². The number of hydrogen-bond acceptors (Lipinski definition) is 2. The molecule has 1 aromatic heterocycles. The molecule has 2 aromatic carbocycles. The van der Waals surface area contributed by atoms with Crippen LogP contribution in [0.2, 0.25) is 0 Å². The van der Waals surface area contributed by atoms with Crippen LogP contribution < -0.4 is 4.90 Å². The normalized spacial score (nSPS) is 10.6. The minimum Gasteiger partial charge on any atom is -0.378 e. The van der Waals surface area contributed by atoms with Gasteiger partial charge in [0, 0.05) is 41.7 Å². The highest BCUT2D eigenvalue weighted by molar-refractivity contribution is 9.10. The number of benzene rings is 2. The van der Waals surface area contributed by atoms with Crippen LogP contribution in [0.15, 0.2) is 65.3 Å². The summed E-state index contributed by atoms with van der Waals surface area (Å²) in [6.07, 6.45) is 1.88. The zero-order valence-corrected chi connectivity index (χ0v) is 15.1. The minimum atomic E-state index is 1.04. The molecule has 0 fully saturated rings. The van der Waals surface area contributed by atoms with E-state index in [1.54, 1.807) is 0 Å². The van der Waals surface area contributed by atoms with E-state index in [2.05, 4.69) is 101 Å². The fourth-order valence-corrected chi connectivity index (χ4v) is 2.99. The Kier molecular flexibility index (Phi) is 4.49. The van der Waals surface area contributed by atoms with Gasteiger partial charge in [-0.05, 0) is 53.9 Å². The molecule has 0 bridgehead atoms. The molecular formula is C20H19BrN2. The third-order valence-corrected chi connectivity index (χ3v) is 4.50. The van der Waals surface area contributed by atoms with Crippen LogP contribution in [0, 0.1) is 6.92 Å². The van der Waals surface area contributed by atoms with Gasteiger partial charge in [0.1, 0.15) is 0 Å². The average molecular weight is 367 g/mol. The number of nitrogens with zero attached hydrogens (tertiary/aromatic N) is 2. The van der Waals surface area contributed by atoms with Crippen LogP contribution in [0.1, 0.15) is 5.69 Å². The van der Waals surface area contributed by atoms with Gasteiger partial charge in [0.05, 0.1) is 0 Å². The number of aromatic nitrogens is 1. The first-order valence-electron chi connectivity index (χ1n) is 7.55. The van der Waals surface area contributed by atoms with E-state index in [1.807, 2.05) is 6.20 Å². The Labute approximate surface area is 145 Å². The molecule has 0 amide bonds. The Morgan fingerprint density at radius 3 is 2.04 bits per heavy atom. The lowest BCUT2D eigenvalue weighted by atomic mass is 9.94. The molecule has 0 aliphatic rings. The number of hydrogen-bond donors (Lipinski definition) is 0. The predicted molar refractivity (Wildman–Crippen MR) is 102 cm³/mol. The van der Waals surface area contributed by atoms with E-state index in [9.17, 15) is 0 Å². The SMILES string of the molecule is Cc1nccc(-c2ccc(N(C)C)cc2)c1-c1ccc(Br)cc1. The van der Waals surface area contributed by atoms with Gasteiger partial charge in [0.25, 0.3) is 0 Å². The molecule has 3 aromatic rings. The lowest BCUT2D eigenvalue weighted by Crippen LogP contribution is -2.07. The molecular weight excluding hydrogens is 348 g/mol. The minimum absolute atomic E-state index is 1.04. The van der Waals surface area contributed by atoms with Crippen molar-refractivity contribution in [2.45, 2.75) is 6.92 Å². The summed E-state index contributed by atoms with van der Waals surface area (Å²) in [5.74, 6) is 0. The van der Waals surface area contributed by atoms with Crippen LogP contribution >= 0.6 is 15.9 Å². The molecule has 0 spiro atoms. The molecule has 116 valence electrons. The van der Waals surface area contributed by atoms with Gasteiger partial charge in [-0.25, -0.2) is 0 Å². The van der Waals surface area contributed by atoms with Crippen LogP contribution in [0.4, 0.5) is 5.69 Å². The van der Waals surface area contributed by atoms with Crippen LogP contribution in [0.25, 0.3) is 22.3 Å². The van der Waals surface area contributed by atoms with E-state index >= 15 is 0 Å². The zero-order chi connectivity index (χ0) is 16.4. The van der Waals surface area contributed by atoms with E-state index in [0.29, 0.717) is 0 Å². The number of pyridine rings is 1. The Morgan fingerprint density at radius 1 is 0.826 bits per heavy atom. The van der Waals surface area contributed by atoms with Crippen LogP contribution in [-0.4, -0.2) is 19.1 Å². The maximum Gasteiger partial charge on any atom is 0.0457 e. The fraction of sp³-hybridized carbons (Fsp3) is 0.150. The number of aryl methyl sites for hydroxylation is 1. The molecule has 23 heavy (non-hydrogen) atoms. The van der Waals surface area contributed by atoms with Crippen molar-refractivity contribution in [3.8, 4) is 22.3 Å². The molecule has 0 unspecified atom stereocenters. The second kappa shape index (κ2) is 6.55. The molecule has 1 heterocycles. The Bertz CT molecular complexity index is 806. The fourth-order valence-electron chi connectivity index (χ4n) is 2.73. The van der Waals surface area contributed by atoms with Crippen molar-refractivity contribution >= 4 is 21.6 Å². The largest absolute Gasteiger partial charge is 0.378 e. The molecule has 0 saturated heterocycles. The standard InChI is InChI=1S/C20H19BrN2/c1-14-20(16-4-8-17(21)9-5-16)19(12-13-22-14)15-6-10-18(11-7-15)23(2)3/h4-13H,1-3H3. The third kappa shape index (κ3) is 3.30. The van der Waals surface area contributed by atoms with Crippen molar-refractivity contribution in [3.05, 3.63) is 71.0 Å². The first-order valence-corrected chi connectivity index (χ1v) is 8.35. The summed E-state index contributed by atoms with van der Waals surface area (Å²) in [5, 5.41) is 0. The highest BCUT2D eigenvalue weighted by Crippen LogP contribution is 2.34. The maximum absolute atomic E-state index is 4.49. The molecule has 3 heteroatoms. The average Bonchev–Trinajstić information content (AvgIpc) is 2.56. The predicted octanol–water partition coefficient (Wildman–Crippen LogP) is 5.55. The number of anilines is 1. The van der Waals surface area contributed by atoms with Crippen molar-refractivity contribution in [2.75, 3.05) is 19.0 Å². The van der Waals surface area contributed by atoms with Gasteiger partial charge in [-0.3, -0.25) is 4.98 Å². The van der Waals surface area contributed by atoms with Gasteiger partial charge in [-0.2, -0.15) is 0 Å². The van der Waals surface area contributed by atoms with Gasteiger partial charge in [-0.1, -0.05) is 40.2 Å². The second-order valence-electron chi connectivity index (χ2n) is 5.77. The van der Waals surface area contributed by atoms with Gasteiger partial charge < -0.3 is 4.90 Å². The molecule has 3 rings (SSSR count). The Balaban J connectivity index is 2.13. The molecule has 0 saturated carbocycles. The lowest BCUT2D eigenvalue weighted by molar-refractivity contribution is 1.13.